The molecule has 12 heteroatoms. The molecule has 2 amide bonds. The Labute approximate surface area is 241 Å². The zero-order valence-electron chi connectivity index (χ0n) is 24.0. The monoisotopic (exact) mass is 578 g/mol. The number of imidazole rings is 1. The largest absolute Gasteiger partial charge is 0.494 e. The molecule has 0 unspecified atom stereocenters. The maximum absolute atomic E-state index is 14.8. The van der Waals surface area contributed by atoms with Gasteiger partial charge in [-0.1, -0.05) is 0 Å². The lowest BCUT2D eigenvalue weighted by Crippen LogP contribution is -2.40. The third-order valence-corrected chi connectivity index (χ3v) is 6.88. The van der Waals surface area contributed by atoms with Gasteiger partial charge in [0.05, 0.1) is 19.0 Å². The Kier molecular flexibility index (Phi) is 7.72. The zero-order chi connectivity index (χ0) is 30.2. The molecule has 220 valence electrons. The number of nitrogens with zero attached hydrogens (tertiary/aromatic N) is 4. The molecule has 1 aliphatic rings. The number of rotatable bonds is 6. The minimum atomic E-state index is -1.08. The Balaban J connectivity index is 1.29. The van der Waals surface area contributed by atoms with Gasteiger partial charge in [-0.2, -0.15) is 4.39 Å². The van der Waals surface area contributed by atoms with E-state index in [0.29, 0.717) is 47.9 Å². The van der Waals surface area contributed by atoms with Gasteiger partial charge < -0.3 is 25.0 Å². The highest BCUT2D eigenvalue weighted by Gasteiger charge is 2.31. The van der Waals surface area contributed by atoms with E-state index in [4.69, 9.17) is 9.47 Å². The van der Waals surface area contributed by atoms with Gasteiger partial charge >= 0.3 is 6.09 Å². The Morgan fingerprint density at radius 1 is 1.10 bits per heavy atom. The normalized spacial score (nSPS) is 15.1. The lowest BCUT2D eigenvalue weighted by Gasteiger charge is -2.24. The Bertz CT molecular complexity index is 1670. The number of likely N-dealkylation sites (tertiary alicyclic amines) is 1. The number of carbonyl (C=O) groups is 2. The number of benzene rings is 2. The fourth-order valence-electron chi connectivity index (χ4n) is 4.86. The summed E-state index contributed by atoms with van der Waals surface area (Å²) >= 11 is 0. The van der Waals surface area contributed by atoms with Crippen LogP contribution in [0.4, 0.5) is 25.1 Å². The first-order valence-corrected chi connectivity index (χ1v) is 13.5. The quantitative estimate of drug-likeness (QED) is 0.312. The number of ether oxygens (including phenoxy) is 2. The van der Waals surface area contributed by atoms with Crippen LogP contribution in [0.1, 0.15) is 43.1 Å². The summed E-state index contributed by atoms with van der Waals surface area (Å²) in [5.74, 6) is -2.15. The number of anilines is 2. The fourth-order valence-corrected chi connectivity index (χ4v) is 4.86. The highest BCUT2D eigenvalue weighted by Crippen LogP contribution is 2.31. The van der Waals surface area contributed by atoms with Gasteiger partial charge in [0.1, 0.15) is 5.60 Å². The fraction of sp³-hybridized carbons (Fsp3) is 0.333. The molecule has 5 rings (SSSR count). The number of halogens is 2. The van der Waals surface area contributed by atoms with Crippen molar-refractivity contribution in [3.63, 3.8) is 0 Å². The van der Waals surface area contributed by atoms with E-state index in [1.165, 1.54) is 31.6 Å². The molecule has 2 aromatic carbocycles. The average molecular weight is 579 g/mol. The number of fused-ring (bicyclic) bond motifs is 1. The molecule has 1 fully saturated rings. The molecule has 1 atom stereocenters. The van der Waals surface area contributed by atoms with E-state index in [1.807, 2.05) is 33.8 Å². The molecule has 2 N–H and O–H groups in total. The van der Waals surface area contributed by atoms with E-state index in [1.54, 1.807) is 27.6 Å². The van der Waals surface area contributed by atoms with Crippen LogP contribution in [0.15, 0.2) is 48.9 Å². The molecule has 0 spiro atoms. The summed E-state index contributed by atoms with van der Waals surface area (Å²) in [7, 11) is 1.27. The Morgan fingerprint density at radius 3 is 2.60 bits per heavy atom. The minimum Gasteiger partial charge on any atom is -0.494 e. The molecule has 1 saturated heterocycles. The standard InChI is InChI=1S/C30H32F2N6O4/c1-17-14-18(6-7-20(17)28(39)36-19-10-12-37(16-19)29(40)42-30(2,3)4)35-26-27-34-15-22(38(27)13-11-33-26)21-8-9-23(41-5)25(32)24(21)31/h6-9,11,13-15,19H,10,12,16H2,1-5H3,(H,33,35)(H,36,39)/t19-/m0/s1. The second-order valence-electron chi connectivity index (χ2n) is 11.1. The van der Waals surface area contributed by atoms with Crippen LogP contribution >= 0.6 is 0 Å². The number of amides is 2. The predicted octanol–water partition coefficient (Wildman–Crippen LogP) is 5.47. The highest BCUT2D eigenvalue weighted by atomic mass is 19.2. The summed E-state index contributed by atoms with van der Waals surface area (Å²) in [5.41, 5.74) is 2.08. The maximum atomic E-state index is 14.8. The van der Waals surface area contributed by atoms with Gasteiger partial charge in [0.25, 0.3) is 5.91 Å². The lowest BCUT2D eigenvalue weighted by molar-refractivity contribution is 0.0290. The van der Waals surface area contributed by atoms with Crippen molar-refractivity contribution in [2.45, 2.75) is 45.8 Å². The van der Waals surface area contributed by atoms with Gasteiger partial charge in [0, 0.05) is 48.3 Å². The van der Waals surface area contributed by atoms with Crippen LogP contribution in [0, 0.1) is 18.6 Å². The first-order chi connectivity index (χ1) is 19.9. The van der Waals surface area contributed by atoms with Crippen LogP contribution in [-0.2, 0) is 4.74 Å². The van der Waals surface area contributed by atoms with E-state index in [-0.39, 0.29) is 29.4 Å². The zero-order valence-corrected chi connectivity index (χ0v) is 24.0. The molecule has 10 nitrogen and oxygen atoms in total. The van der Waals surface area contributed by atoms with E-state index in [2.05, 4.69) is 20.6 Å². The molecular formula is C30H32F2N6O4. The van der Waals surface area contributed by atoms with E-state index >= 15 is 0 Å². The summed E-state index contributed by atoms with van der Waals surface area (Å²) in [6, 6.07) is 7.88. The van der Waals surface area contributed by atoms with Gasteiger partial charge in [0.2, 0.25) is 5.82 Å². The molecule has 0 radical (unpaired) electrons. The molecule has 0 aliphatic carbocycles. The first-order valence-electron chi connectivity index (χ1n) is 13.5. The third kappa shape index (κ3) is 5.83. The molecule has 3 heterocycles. The SMILES string of the molecule is COc1ccc(-c2cnc3c(Nc4ccc(C(=O)N[C@H]5CCN(C(=O)OC(C)(C)C)C5)c(C)c4)nccn23)c(F)c1F. The molecule has 2 aromatic heterocycles. The highest BCUT2D eigenvalue weighted by molar-refractivity contribution is 5.96. The summed E-state index contributed by atoms with van der Waals surface area (Å²) in [4.78, 5) is 35.7. The number of nitrogens with one attached hydrogen (secondary N) is 2. The van der Waals surface area contributed by atoms with E-state index in [9.17, 15) is 18.4 Å². The summed E-state index contributed by atoms with van der Waals surface area (Å²) in [6.45, 7) is 8.16. The molecule has 1 aliphatic heterocycles. The van der Waals surface area contributed by atoms with Crippen molar-refractivity contribution < 1.29 is 27.8 Å². The van der Waals surface area contributed by atoms with Crippen LogP contribution in [-0.4, -0.2) is 63.1 Å². The summed E-state index contributed by atoms with van der Waals surface area (Å²) in [5, 5.41) is 6.21. The average Bonchev–Trinajstić information content (AvgIpc) is 3.57. The van der Waals surface area contributed by atoms with Crippen LogP contribution in [0.2, 0.25) is 0 Å². The van der Waals surface area contributed by atoms with Gasteiger partial charge in [0.15, 0.2) is 23.0 Å². The Hall–Kier alpha value is -4.74. The van der Waals surface area contributed by atoms with Crippen LogP contribution in [0.5, 0.6) is 5.75 Å². The van der Waals surface area contributed by atoms with Gasteiger partial charge in [-0.25, -0.2) is 19.2 Å². The van der Waals surface area contributed by atoms with Crippen molar-refractivity contribution in [1.29, 1.82) is 0 Å². The van der Waals surface area contributed by atoms with Crippen LogP contribution in [0.25, 0.3) is 16.9 Å². The van der Waals surface area contributed by atoms with Crippen LogP contribution < -0.4 is 15.4 Å². The van der Waals surface area contributed by atoms with E-state index < -0.39 is 17.2 Å². The topological polar surface area (TPSA) is 110 Å². The van der Waals surface area contributed by atoms with Crippen LogP contribution in [0.3, 0.4) is 0 Å². The second kappa shape index (κ2) is 11.3. The van der Waals surface area contributed by atoms with Crippen molar-refractivity contribution >= 4 is 29.2 Å². The third-order valence-electron chi connectivity index (χ3n) is 6.88. The maximum Gasteiger partial charge on any atom is 0.410 e. The van der Waals surface area contributed by atoms with Crippen molar-refractivity contribution in [2.75, 3.05) is 25.5 Å². The molecule has 42 heavy (non-hydrogen) atoms. The number of aromatic nitrogens is 3. The summed E-state index contributed by atoms with van der Waals surface area (Å²) in [6.07, 6.45) is 4.82. The predicted molar refractivity (Wildman–Crippen MR) is 153 cm³/mol. The van der Waals surface area contributed by atoms with Crippen molar-refractivity contribution in [3.05, 3.63) is 71.7 Å². The smallest absolute Gasteiger partial charge is 0.410 e. The number of hydrogen-bond acceptors (Lipinski definition) is 7. The number of aryl methyl sites for hydroxylation is 1. The molecule has 4 aromatic rings. The van der Waals surface area contributed by atoms with Crippen molar-refractivity contribution in [1.82, 2.24) is 24.6 Å². The van der Waals surface area contributed by atoms with E-state index in [0.717, 1.165) is 5.56 Å². The minimum absolute atomic E-state index is 0.0284. The molecule has 0 bridgehead atoms. The lowest BCUT2D eigenvalue weighted by atomic mass is 10.1. The van der Waals surface area contributed by atoms with Gasteiger partial charge in [-0.15, -0.1) is 0 Å². The Morgan fingerprint density at radius 2 is 1.88 bits per heavy atom. The van der Waals surface area contributed by atoms with Gasteiger partial charge in [-0.3, -0.25) is 9.20 Å². The second-order valence-corrected chi connectivity index (χ2v) is 11.1. The number of hydrogen-bond donors (Lipinski definition) is 2. The number of methoxy groups -OCH3 is 1. The first kappa shape index (κ1) is 28.8. The summed E-state index contributed by atoms with van der Waals surface area (Å²) < 4.78 is 41.1. The van der Waals surface area contributed by atoms with Gasteiger partial charge in [-0.05, 0) is 70.0 Å². The molecule has 0 saturated carbocycles. The van der Waals surface area contributed by atoms with Crippen molar-refractivity contribution in [2.24, 2.45) is 0 Å². The number of carbonyl (C=O) groups excluding carboxylic acids is 2. The van der Waals surface area contributed by atoms with Crippen molar-refractivity contribution in [3.8, 4) is 17.0 Å². The molecular weight excluding hydrogens is 546 g/mol.